The number of nitrogens with zero attached hydrogens (tertiary/aromatic N) is 1. The molecule has 0 saturated heterocycles. The fourth-order valence-electron chi connectivity index (χ4n) is 1.88. The second-order valence-electron chi connectivity index (χ2n) is 3.88. The first-order chi connectivity index (χ1) is 8.74. The maximum atomic E-state index is 6.25. The fourth-order valence-corrected chi connectivity index (χ4v) is 2.35. The third kappa shape index (κ3) is 2.83. The van der Waals surface area contributed by atoms with Crippen LogP contribution in [0.1, 0.15) is 24.2 Å². The van der Waals surface area contributed by atoms with Crippen LogP contribution in [0.2, 0.25) is 10.0 Å². The summed E-state index contributed by atoms with van der Waals surface area (Å²) in [6.07, 6.45) is 1.74. The molecule has 1 heterocycles. The van der Waals surface area contributed by atoms with E-state index >= 15 is 0 Å². The molecule has 1 aromatic carbocycles. The van der Waals surface area contributed by atoms with E-state index in [9.17, 15) is 0 Å². The molecule has 2 rings (SSSR count). The minimum Gasteiger partial charge on any atom is -0.305 e. The Kier molecular flexibility index (Phi) is 4.59. The molecule has 94 valence electrons. The predicted octanol–water partition coefficient (Wildman–Crippen LogP) is 4.09. The van der Waals surface area contributed by atoms with E-state index in [1.54, 1.807) is 6.20 Å². The second kappa shape index (κ2) is 6.19. The summed E-state index contributed by atoms with van der Waals surface area (Å²) < 4.78 is 0. The normalized spacial score (nSPS) is 12.4. The first-order valence-corrected chi connectivity index (χ1v) is 6.58. The smallest absolute Gasteiger partial charge is 0.0804 e. The van der Waals surface area contributed by atoms with E-state index in [2.05, 4.69) is 10.3 Å². The van der Waals surface area contributed by atoms with E-state index < -0.39 is 0 Å². The minimum atomic E-state index is -0.0857. The maximum absolute atomic E-state index is 6.25. The summed E-state index contributed by atoms with van der Waals surface area (Å²) >= 11 is 12.5. The first kappa shape index (κ1) is 13.3. The molecule has 1 atom stereocenters. The Bertz CT molecular complexity index is 483. The lowest BCUT2D eigenvalue weighted by Gasteiger charge is -2.20. The van der Waals surface area contributed by atoms with Crippen molar-refractivity contribution in [1.82, 2.24) is 10.3 Å². The van der Waals surface area contributed by atoms with Gasteiger partial charge in [-0.2, -0.15) is 0 Å². The summed E-state index contributed by atoms with van der Waals surface area (Å²) in [5, 5.41) is 4.72. The van der Waals surface area contributed by atoms with Gasteiger partial charge in [0.1, 0.15) is 0 Å². The van der Waals surface area contributed by atoms with Gasteiger partial charge in [-0.1, -0.05) is 48.3 Å². The number of hydrogen-bond acceptors (Lipinski definition) is 2. The maximum Gasteiger partial charge on any atom is 0.0804 e. The molecule has 0 aliphatic rings. The van der Waals surface area contributed by atoms with Gasteiger partial charge in [0, 0.05) is 11.2 Å². The van der Waals surface area contributed by atoms with Crippen molar-refractivity contribution in [3.63, 3.8) is 0 Å². The standard InChI is InChI=1S/C14H14Cl2N2/c1-2-17-13(10-6-3-4-7-11(10)15)14-12(16)8-5-9-18-14/h3-9,13,17H,2H2,1H3. The van der Waals surface area contributed by atoms with Gasteiger partial charge in [-0.05, 0) is 30.3 Å². The summed E-state index contributed by atoms with van der Waals surface area (Å²) in [6.45, 7) is 2.85. The zero-order chi connectivity index (χ0) is 13.0. The molecule has 18 heavy (non-hydrogen) atoms. The van der Waals surface area contributed by atoms with Crippen LogP contribution in [-0.2, 0) is 0 Å². The number of nitrogens with one attached hydrogen (secondary N) is 1. The summed E-state index contributed by atoms with van der Waals surface area (Å²) in [6, 6.07) is 11.3. The van der Waals surface area contributed by atoms with Gasteiger partial charge >= 0.3 is 0 Å². The molecule has 4 heteroatoms. The minimum absolute atomic E-state index is 0.0857. The zero-order valence-electron chi connectivity index (χ0n) is 10.0. The molecule has 0 aliphatic heterocycles. The monoisotopic (exact) mass is 280 g/mol. The van der Waals surface area contributed by atoms with E-state index in [0.717, 1.165) is 17.8 Å². The summed E-state index contributed by atoms with van der Waals surface area (Å²) in [5.41, 5.74) is 1.79. The lowest BCUT2D eigenvalue weighted by atomic mass is 10.0. The predicted molar refractivity (Wildman–Crippen MR) is 76.2 cm³/mol. The summed E-state index contributed by atoms with van der Waals surface area (Å²) in [4.78, 5) is 4.36. The Labute approximate surface area is 117 Å². The van der Waals surface area contributed by atoms with Crippen LogP contribution in [-0.4, -0.2) is 11.5 Å². The Balaban J connectivity index is 2.47. The van der Waals surface area contributed by atoms with Gasteiger partial charge in [0.25, 0.3) is 0 Å². The molecule has 0 fully saturated rings. The molecule has 1 aromatic heterocycles. The average molecular weight is 281 g/mol. The average Bonchev–Trinajstić information content (AvgIpc) is 2.38. The SMILES string of the molecule is CCNC(c1ccccc1Cl)c1ncccc1Cl. The van der Waals surface area contributed by atoms with Crippen LogP contribution in [0.15, 0.2) is 42.6 Å². The van der Waals surface area contributed by atoms with Gasteiger partial charge in [-0.15, -0.1) is 0 Å². The summed E-state index contributed by atoms with van der Waals surface area (Å²) in [7, 11) is 0. The third-order valence-electron chi connectivity index (χ3n) is 2.68. The van der Waals surface area contributed by atoms with Gasteiger partial charge in [-0.3, -0.25) is 4.98 Å². The van der Waals surface area contributed by atoms with E-state index in [-0.39, 0.29) is 6.04 Å². The van der Waals surface area contributed by atoms with E-state index in [0.29, 0.717) is 10.0 Å². The lowest BCUT2D eigenvalue weighted by Crippen LogP contribution is -2.23. The Morgan fingerprint density at radius 1 is 1.11 bits per heavy atom. The van der Waals surface area contributed by atoms with E-state index in [4.69, 9.17) is 23.2 Å². The first-order valence-electron chi connectivity index (χ1n) is 5.82. The topological polar surface area (TPSA) is 24.9 Å². The molecule has 2 aromatic rings. The van der Waals surface area contributed by atoms with Crippen LogP contribution in [0.5, 0.6) is 0 Å². The fraction of sp³-hybridized carbons (Fsp3) is 0.214. The van der Waals surface area contributed by atoms with Crippen molar-refractivity contribution in [3.8, 4) is 0 Å². The van der Waals surface area contributed by atoms with Crippen molar-refractivity contribution in [3.05, 3.63) is 63.9 Å². The molecule has 0 bridgehead atoms. The van der Waals surface area contributed by atoms with Crippen LogP contribution >= 0.6 is 23.2 Å². The molecule has 0 saturated carbocycles. The van der Waals surface area contributed by atoms with Crippen LogP contribution in [0.4, 0.5) is 0 Å². The number of hydrogen-bond donors (Lipinski definition) is 1. The van der Waals surface area contributed by atoms with E-state index in [1.807, 2.05) is 43.3 Å². The highest BCUT2D eigenvalue weighted by Crippen LogP contribution is 2.30. The molecular formula is C14H14Cl2N2. The highest BCUT2D eigenvalue weighted by molar-refractivity contribution is 6.32. The molecule has 0 spiro atoms. The quantitative estimate of drug-likeness (QED) is 0.913. The van der Waals surface area contributed by atoms with Crippen LogP contribution in [0.3, 0.4) is 0 Å². The van der Waals surface area contributed by atoms with Gasteiger partial charge < -0.3 is 5.32 Å². The molecule has 0 radical (unpaired) electrons. The number of benzene rings is 1. The highest BCUT2D eigenvalue weighted by Gasteiger charge is 2.19. The highest BCUT2D eigenvalue weighted by atomic mass is 35.5. The van der Waals surface area contributed by atoms with Gasteiger partial charge in [-0.25, -0.2) is 0 Å². The van der Waals surface area contributed by atoms with Gasteiger partial charge in [0.2, 0.25) is 0 Å². The van der Waals surface area contributed by atoms with Crippen molar-refractivity contribution in [2.45, 2.75) is 13.0 Å². The van der Waals surface area contributed by atoms with Crippen LogP contribution < -0.4 is 5.32 Å². The number of rotatable bonds is 4. The molecule has 1 unspecified atom stereocenters. The van der Waals surface area contributed by atoms with Gasteiger partial charge in [0.05, 0.1) is 16.8 Å². The van der Waals surface area contributed by atoms with Crippen molar-refractivity contribution in [1.29, 1.82) is 0 Å². The van der Waals surface area contributed by atoms with Crippen molar-refractivity contribution in [2.75, 3.05) is 6.54 Å². The summed E-state index contributed by atoms with van der Waals surface area (Å²) in [5.74, 6) is 0. The molecule has 1 N–H and O–H groups in total. The number of halogens is 2. The zero-order valence-corrected chi connectivity index (χ0v) is 11.5. The molecule has 2 nitrogen and oxygen atoms in total. The van der Waals surface area contributed by atoms with Gasteiger partial charge in [0.15, 0.2) is 0 Å². The second-order valence-corrected chi connectivity index (χ2v) is 4.70. The molecule has 0 amide bonds. The number of aromatic nitrogens is 1. The lowest BCUT2D eigenvalue weighted by molar-refractivity contribution is 0.616. The molecular weight excluding hydrogens is 267 g/mol. The third-order valence-corrected chi connectivity index (χ3v) is 3.35. The Hall–Kier alpha value is -1.09. The van der Waals surface area contributed by atoms with Crippen molar-refractivity contribution in [2.24, 2.45) is 0 Å². The number of pyridine rings is 1. The van der Waals surface area contributed by atoms with Crippen molar-refractivity contribution < 1.29 is 0 Å². The Morgan fingerprint density at radius 3 is 2.50 bits per heavy atom. The van der Waals surface area contributed by atoms with Crippen LogP contribution in [0.25, 0.3) is 0 Å². The van der Waals surface area contributed by atoms with Crippen LogP contribution in [0, 0.1) is 0 Å². The Morgan fingerprint density at radius 2 is 1.83 bits per heavy atom. The largest absolute Gasteiger partial charge is 0.305 e. The van der Waals surface area contributed by atoms with Crippen molar-refractivity contribution >= 4 is 23.2 Å². The molecule has 0 aliphatic carbocycles. The van der Waals surface area contributed by atoms with E-state index in [1.165, 1.54) is 0 Å².